The zero-order chi connectivity index (χ0) is 13.7. The third kappa shape index (κ3) is 3.75. The van der Waals surface area contributed by atoms with E-state index in [0.717, 1.165) is 0 Å². The van der Waals surface area contributed by atoms with Gasteiger partial charge in [0.2, 0.25) is 0 Å². The van der Waals surface area contributed by atoms with Gasteiger partial charge in [-0.15, -0.1) is 0 Å². The molecule has 0 aliphatic heterocycles. The molecule has 0 fully saturated rings. The highest BCUT2D eigenvalue weighted by Gasteiger charge is 2.35. The lowest BCUT2D eigenvalue weighted by atomic mass is 10.3. The van der Waals surface area contributed by atoms with Gasteiger partial charge in [-0.2, -0.15) is 0 Å². The fraction of sp³-hybridized carbons (Fsp3) is 0.250. The predicted octanol–water partition coefficient (Wildman–Crippen LogP) is -0.320. The van der Waals surface area contributed by atoms with Gasteiger partial charge in [0, 0.05) is 11.1 Å². The van der Waals surface area contributed by atoms with Gasteiger partial charge in [0.15, 0.2) is 6.04 Å². The van der Waals surface area contributed by atoms with Gasteiger partial charge >= 0.3 is 5.97 Å². The highest BCUT2D eigenvalue weighted by molar-refractivity contribution is 7.83. The molecule has 0 aliphatic rings. The standard InChI is InChI=1S/C8H9N3O5S2/c12-8(13)6(7(17)11(14)15)10-18(16)5-3-1-2-4-9-5/h1-4,6-7,10,17H,(H,12,13)/t6-,7?,18?/m0/s1. The highest BCUT2D eigenvalue weighted by Crippen LogP contribution is 2.07. The van der Waals surface area contributed by atoms with Crippen LogP contribution in [0.3, 0.4) is 0 Å². The first-order chi connectivity index (χ1) is 8.43. The number of thiol groups is 1. The van der Waals surface area contributed by atoms with Gasteiger partial charge in [-0.05, 0) is 12.1 Å². The van der Waals surface area contributed by atoms with E-state index in [4.69, 9.17) is 5.11 Å². The minimum Gasteiger partial charge on any atom is -0.480 e. The number of aliphatic carboxylic acids is 1. The number of carbonyl (C=O) groups is 1. The number of pyridine rings is 1. The molecular weight excluding hydrogens is 282 g/mol. The maximum Gasteiger partial charge on any atom is 0.329 e. The summed E-state index contributed by atoms with van der Waals surface area (Å²) in [6, 6.07) is 2.87. The van der Waals surface area contributed by atoms with Crippen molar-refractivity contribution in [1.82, 2.24) is 9.71 Å². The Labute approximate surface area is 110 Å². The van der Waals surface area contributed by atoms with Crippen LogP contribution >= 0.6 is 12.6 Å². The molecular formula is C8H9N3O5S2. The van der Waals surface area contributed by atoms with Crippen LogP contribution in [-0.4, -0.2) is 36.6 Å². The van der Waals surface area contributed by atoms with Crippen LogP contribution in [-0.2, 0) is 15.8 Å². The van der Waals surface area contributed by atoms with Crippen LogP contribution < -0.4 is 4.72 Å². The molecule has 0 amide bonds. The Morgan fingerprint density at radius 1 is 1.61 bits per heavy atom. The van der Waals surface area contributed by atoms with Crippen LogP contribution in [0.4, 0.5) is 0 Å². The summed E-state index contributed by atoms with van der Waals surface area (Å²) in [5, 5.41) is 17.7. The van der Waals surface area contributed by atoms with Gasteiger partial charge in [0.05, 0.1) is 0 Å². The van der Waals surface area contributed by atoms with E-state index in [-0.39, 0.29) is 5.03 Å². The SMILES string of the molecule is O=C(O)[C@@H](NS(=O)c1ccccn1)C(S)[N+](=O)[O-]. The van der Waals surface area contributed by atoms with Gasteiger partial charge in [-0.3, -0.25) is 14.9 Å². The first-order valence-corrected chi connectivity index (χ1v) is 6.23. The van der Waals surface area contributed by atoms with Crippen LogP contribution in [0.2, 0.25) is 0 Å². The molecule has 0 saturated heterocycles. The van der Waals surface area contributed by atoms with E-state index in [2.05, 4.69) is 22.3 Å². The first-order valence-electron chi connectivity index (χ1n) is 4.57. The van der Waals surface area contributed by atoms with Crippen LogP contribution in [0, 0.1) is 10.1 Å². The molecule has 8 nitrogen and oxygen atoms in total. The molecule has 18 heavy (non-hydrogen) atoms. The maximum absolute atomic E-state index is 11.7. The number of hydrogen-bond donors (Lipinski definition) is 3. The van der Waals surface area contributed by atoms with Gasteiger partial charge < -0.3 is 5.11 Å². The first kappa shape index (κ1) is 14.5. The summed E-state index contributed by atoms with van der Waals surface area (Å²) in [5.41, 5.74) is 0. The van der Waals surface area contributed by atoms with Crippen LogP contribution in [0.25, 0.3) is 0 Å². The number of carboxylic acids is 1. The third-order valence-corrected chi connectivity index (χ3v) is 3.42. The predicted molar refractivity (Wildman–Crippen MR) is 65.0 cm³/mol. The Morgan fingerprint density at radius 2 is 2.28 bits per heavy atom. The summed E-state index contributed by atoms with van der Waals surface area (Å²) >= 11 is 3.55. The topological polar surface area (TPSA) is 122 Å². The number of hydrogen-bond acceptors (Lipinski definition) is 6. The van der Waals surface area contributed by atoms with Crippen molar-refractivity contribution in [2.45, 2.75) is 16.4 Å². The number of nitrogens with zero attached hydrogens (tertiary/aromatic N) is 2. The minimum absolute atomic E-state index is 0.0765. The summed E-state index contributed by atoms with van der Waals surface area (Å²) in [7, 11) is -1.97. The van der Waals surface area contributed by atoms with Gasteiger partial charge in [0.1, 0.15) is 16.0 Å². The lowest BCUT2D eigenvalue weighted by Crippen LogP contribution is -2.47. The molecule has 2 unspecified atom stereocenters. The fourth-order valence-corrected chi connectivity index (χ4v) is 2.24. The monoisotopic (exact) mass is 291 g/mol. The number of nitrogens with one attached hydrogen (secondary N) is 1. The summed E-state index contributed by atoms with van der Waals surface area (Å²) in [6.45, 7) is 0. The van der Waals surface area contributed by atoms with Crippen molar-refractivity contribution in [3.8, 4) is 0 Å². The van der Waals surface area contributed by atoms with E-state index in [9.17, 15) is 19.1 Å². The molecule has 0 radical (unpaired) electrons. The van der Waals surface area contributed by atoms with Gasteiger partial charge in [0.25, 0.3) is 5.37 Å². The fourth-order valence-electron chi connectivity index (χ4n) is 0.993. The molecule has 3 atom stereocenters. The third-order valence-electron chi connectivity index (χ3n) is 1.84. The molecule has 10 heteroatoms. The average molecular weight is 291 g/mol. The molecule has 0 saturated carbocycles. The van der Waals surface area contributed by atoms with E-state index in [1.807, 2.05) is 0 Å². The molecule has 1 rings (SSSR count). The highest BCUT2D eigenvalue weighted by atomic mass is 32.2. The second-order valence-corrected chi connectivity index (χ2v) is 4.79. The van der Waals surface area contributed by atoms with E-state index < -0.39 is 33.3 Å². The summed E-state index contributed by atoms with van der Waals surface area (Å²) in [6.07, 6.45) is 1.37. The summed E-state index contributed by atoms with van der Waals surface area (Å²) in [5.74, 6) is -1.52. The van der Waals surface area contributed by atoms with Crippen molar-refractivity contribution in [3.63, 3.8) is 0 Å². The summed E-state index contributed by atoms with van der Waals surface area (Å²) < 4.78 is 13.8. The number of rotatable bonds is 6. The molecule has 0 bridgehead atoms. The van der Waals surface area contributed by atoms with Crippen molar-refractivity contribution < 1.29 is 19.0 Å². The molecule has 1 heterocycles. The number of nitro groups is 1. The van der Waals surface area contributed by atoms with Crippen LogP contribution in [0.5, 0.6) is 0 Å². The quantitative estimate of drug-likeness (QED) is 0.286. The van der Waals surface area contributed by atoms with Crippen molar-refractivity contribution in [2.24, 2.45) is 0 Å². The molecule has 0 aliphatic carbocycles. The lowest BCUT2D eigenvalue weighted by molar-refractivity contribution is -0.496. The van der Waals surface area contributed by atoms with E-state index in [1.54, 1.807) is 12.1 Å². The molecule has 1 aromatic heterocycles. The second kappa shape index (κ2) is 6.42. The lowest BCUT2D eigenvalue weighted by Gasteiger charge is -2.13. The number of aromatic nitrogens is 1. The Kier molecular flexibility index (Phi) is 5.19. The Hall–Kier alpha value is -1.52. The minimum atomic E-state index is -1.97. The molecule has 98 valence electrons. The van der Waals surface area contributed by atoms with Crippen molar-refractivity contribution >= 4 is 29.6 Å². The average Bonchev–Trinajstić information content (AvgIpc) is 2.35. The zero-order valence-electron chi connectivity index (χ0n) is 8.79. The molecule has 1 aromatic rings. The Morgan fingerprint density at radius 3 is 2.72 bits per heavy atom. The largest absolute Gasteiger partial charge is 0.480 e. The van der Waals surface area contributed by atoms with Gasteiger partial charge in [-0.1, -0.05) is 18.7 Å². The second-order valence-electron chi connectivity index (χ2n) is 3.07. The Bertz CT molecular complexity index is 469. The molecule has 0 spiro atoms. The van der Waals surface area contributed by atoms with Crippen molar-refractivity contribution in [1.29, 1.82) is 0 Å². The number of carboxylic acid groups (broad SMARTS) is 1. The molecule has 2 N–H and O–H groups in total. The van der Waals surface area contributed by atoms with Crippen molar-refractivity contribution in [2.75, 3.05) is 0 Å². The Balaban J connectivity index is 2.83. The zero-order valence-corrected chi connectivity index (χ0v) is 10.5. The van der Waals surface area contributed by atoms with E-state index in [0.29, 0.717) is 0 Å². The van der Waals surface area contributed by atoms with Crippen molar-refractivity contribution in [3.05, 3.63) is 34.5 Å². The van der Waals surface area contributed by atoms with Crippen LogP contribution in [0.15, 0.2) is 29.4 Å². The summed E-state index contributed by atoms with van der Waals surface area (Å²) in [4.78, 5) is 24.2. The van der Waals surface area contributed by atoms with Gasteiger partial charge in [-0.25, -0.2) is 13.9 Å². The van der Waals surface area contributed by atoms with E-state index >= 15 is 0 Å². The van der Waals surface area contributed by atoms with E-state index in [1.165, 1.54) is 12.3 Å². The molecule has 0 aromatic carbocycles. The smallest absolute Gasteiger partial charge is 0.329 e. The normalized spacial score (nSPS) is 15.6. The van der Waals surface area contributed by atoms with Crippen LogP contribution in [0.1, 0.15) is 0 Å². The maximum atomic E-state index is 11.7.